The molecule has 224 valence electrons. The second-order valence-electron chi connectivity index (χ2n) is 10.4. The van der Waals surface area contributed by atoms with E-state index in [0.717, 1.165) is 33.4 Å². The molecule has 0 aliphatic heterocycles. The average molecular weight is 605 g/mol. The molecule has 0 saturated heterocycles. The van der Waals surface area contributed by atoms with Crippen molar-refractivity contribution in [1.82, 2.24) is 0 Å². The molecule has 0 unspecified atom stereocenters. The minimum atomic E-state index is -0.345. The monoisotopic (exact) mass is 604 g/mol. The van der Waals surface area contributed by atoms with E-state index in [2.05, 4.69) is 24.3 Å². The van der Waals surface area contributed by atoms with E-state index in [4.69, 9.17) is 0 Å². The van der Waals surface area contributed by atoms with Gasteiger partial charge in [0.2, 0.25) is 0 Å². The number of rotatable bonds is 8. The summed E-state index contributed by atoms with van der Waals surface area (Å²) in [7, 11) is 0. The molecule has 0 aliphatic carbocycles. The molecule has 0 fully saturated rings. The molecule has 0 aromatic heterocycles. The van der Waals surface area contributed by atoms with Gasteiger partial charge in [0.05, 0.1) is 0 Å². The van der Waals surface area contributed by atoms with E-state index in [1.807, 2.05) is 84.9 Å². The second kappa shape index (κ2) is 15.6. The van der Waals surface area contributed by atoms with Crippen LogP contribution in [0, 0.1) is 11.6 Å². The van der Waals surface area contributed by atoms with Crippen LogP contribution in [0.25, 0.3) is 34.4 Å². The van der Waals surface area contributed by atoms with Gasteiger partial charge in [-0.15, -0.1) is 0 Å². The summed E-state index contributed by atoms with van der Waals surface area (Å²) in [6.07, 6.45) is 6.54. The minimum absolute atomic E-state index is 0.142. The summed E-state index contributed by atoms with van der Waals surface area (Å²) in [5.41, 5.74) is 7.42. The Kier molecular flexibility index (Phi) is 10.7. The quantitative estimate of drug-likeness (QED) is 0.128. The van der Waals surface area contributed by atoms with Crippen LogP contribution in [0.15, 0.2) is 170 Å². The Balaban J connectivity index is 0.000000181. The van der Waals surface area contributed by atoms with Crippen LogP contribution in [0.2, 0.25) is 0 Å². The fraction of sp³-hybridized carbons (Fsp3) is 0. The summed E-state index contributed by atoms with van der Waals surface area (Å²) < 4.78 is 25.7. The van der Waals surface area contributed by atoms with Crippen molar-refractivity contribution in [3.63, 3.8) is 0 Å². The van der Waals surface area contributed by atoms with Gasteiger partial charge in [0, 0.05) is 11.1 Å². The van der Waals surface area contributed by atoms with Crippen LogP contribution < -0.4 is 0 Å². The van der Waals surface area contributed by atoms with Crippen molar-refractivity contribution in [2.24, 2.45) is 0 Å². The van der Waals surface area contributed by atoms with E-state index in [-0.39, 0.29) is 23.2 Å². The third-order valence-corrected chi connectivity index (χ3v) is 7.15. The maximum Gasteiger partial charge on any atom is 0.185 e. The maximum atomic E-state index is 12.8. The second-order valence-corrected chi connectivity index (χ2v) is 10.4. The Labute approximate surface area is 267 Å². The van der Waals surface area contributed by atoms with Crippen LogP contribution >= 0.6 is 0 Å². The first-order chi connectivity index (χ1) is 22.4. The molecule has 6 aromatic carbocycles. The van der Waals surface area contributed by atoms with Gasteiger partial charge in [-0.25, -0.2) is 8.78 Å². The van der Waals surface area contributed by atoms with Crippen LogP contribution in [0.1, 0.15) is 31.8 Å². The molecule has 0 bridgehead atoms. The van der Waals surface area contributed by atoms with E-state index >= 15 is 0 Å². The number of allylic oxidation sites excluding steroid dienone is 2. The lowest BCUT2D eigenvalue weighted by Gasteiger charge is -2.01. The average Bonchev–Trinajstić information content (AvgIpc) is 3.12. The van der Waals surface area contributed by atoms with Crippen LogP contribution in [0.4, 0.5) is 8.78 Å². The van der Waals surface area contributed by atoms with Gasteiger partial charge in [-0.1, -0.05) is 121 Å². The number of ketones is 2. The van der Waals surface area contributed by atoms with E-state index in [1.165, 1.54) is 60.7 Å². The first-order valence-electron chi connectivity index (χ1n) is 14.7. The Morgan fingerprint density at radius 3 is 1.00 bits per heavy atom. The summed E-state index contributed by atoms with van der Waals surface area (Å²) in [6.45, 7) is 0. The summed E-state index contributed by atoms with van der Waals surface area (Å²) in [5, 5.41) is 0. The molecule has 4 heteroatoms. The Hall–Kier alpha value is -6.00. The molecule has 46 heavy (non-hydrogen) atoms. The lowest BCUT2D eigenvalue weighted by atomic mass is 10.0. The molecular weight excluding hydrogens is 574 g/mol. The van der Waals surface area contributed by atoms with E-state index in [9.17, 15) is 18.4 Å². The van der Waals surface area contributed by atoms with Crippen molar-refractivity contribution in [3.05, 3.63) is 204 Å². The largest absolute Gasteiger partial charge is 0.289 e. The summed E-state index contributed by atoms with van der Waals surface area (Å²) in [4.78, 5) is 24.0. The zero-order chi connectivity index (χ0) is 32.1. The molecule has 0 atom stereocenters. The van der Waals surface area contributed by atoms with Gasteiger partial charge in [-0.2, -0.15) is 0 Å². The fourth-order valence-electron chi connectivity index (χ4n) is 4.60. The van der Waals surface area contributed by atoms with Crippen molar-refractivity contribution >= 4 is 23.7 Å². The first-order valence-corrected chi connectivity index (χ1v) is 14.7. The number of hydrogen-bond donors (Lipinski definition) is 0. The SMILES string of the molecule is O=C(/C=C/c1ccc(-c2ccccc2)cc1)c1ccc(F)cc1.O=C(/C=C/c1ccc(-c2ccccc2)cc1)c1ccc(F)cc1. The van der Waals surface area contributed by atoms with Crippen molar-refractivity contribution in [2.75, 3.05) is 0 Å². The van der Waals surface area contributed by atoms with Gasteiger partial charge < -0.3 is 0 Å². The lowest BCUT2D eigenvalue weighted by molar-refractivity contribution is 0.103. The zero-order valence-corrected chi connectivity index (χ0v) is 24.9. The summed E-state index contributed by atoms with van der Waals surface area (Å²) >= 11 is 0. The highest BCUT2D eigenvalue weighted by atomic mass is 19.1. The van der Waals surface area contributed by atoms with Crippen LogP contribution in [-0.2, 0) is 0 Å². The van der Waals surface area contributed by atoms with E-state index < -0.39 is 0 Å². The number of benzene rings is 6. The zero-order valence-electron chi connectivity index (χ0n) is 24.9. The molecule has 0 amide bonds. The fourth-order valence-corrected chi connectivity index (χ4v) is 4.60. The summed E-state index contributed by atoms with van der Waals surface area (Å²) in [5.74, 6) is -0.974. The molecule has 0 N–H and O–H groups in total. The van der Waals surface area contributed by atoms with Gasteiger partial charge in [-0.3, -0.25) is 9.59 Å². The van der Waals surface area contributed by atoms with Gasteiger partial charge >= 0.3 is 0 Å². The molecule has 0 spiro atoms. The predicted octanol–water partition coefficient (Wildman–Crippen LogP) is 10.8. The highest BCUT2D eigenvalue weighted by Gasteiger charge is 2.03. The minimum Gasteiger partial charge on any atom is -0.289 e. The van der Waals surface area contributed by atoms with E-state index in [0.29, 0.717) is 11.1 Å². The highest BCUT2D eigenvalue weighted by Crippen LogP contribution is 2.21. The topological polar surface area (TPSA) is 34.1 Å². The number of carbonyl (C=O) groups is 2. The molecule has 0 aliphatic rings. The Morgan fingerprint density at radius 2 is 0.674 bits per heavy atom. The Morgan fingerprint density at radius 1 is 0.370 bits per heavy atom. The molecular formula is C42H30F2O2. The third-order valence-electron chi connectivity index (χ3n) is 7.15. The predicted molar refractivity (Wildman–Crippen MR) is 183 cm³/mol. The number of hydrogen-bond acceptors (Lipinski definition) is 2. The van der Waals surface area contributed by atoms with Gasteiger partial charge in [0.25, 0.3) is 0 Å². The summed E-state index contributed by atoms with van der Waals surface area (Å²) in [6, 6.07) is 47.3. The normalized spacial score (nSPS) is 10.8. The molecule has 0 saturated carbocycles. The van der Waals surface area contributed by atoms with Crippen molar-refractivity contribution in [1.29, 1.82) is 0 Å². The van der Waals surface area contributed by atoms with Crippen LogP contribution in [0.3, 0.4) is 0 Å². The maximum absolute atomic E-state index is 12.8. The van der Waals surface area contributed by atoms with Gasteiger partial charge in [0.15, 0.2) is 11.6 Å². The third kappa shape index (κ3) is 9.01. The first kappa shape index (κ1) is 31.4. The Bertz CT molecular complexity index is 1780. The lowest BCUT2D eigenvalue weighted by Crippen LogP contribution is -1.93. The standard InChI is InChI=1S/2C21H15FO/c2*22-20-13-11-19(12-14-20)21(23)15-8-16-6-9-18(10-7-16)17-4-2-1-3-5-17/h2*1-15H/b2*15-8+. The highest BCUT2D eigenvalue weighted by molar-refractivity contribution is 6.07. The van der Waals surface area contributed by atoms with Gasteiger partial charge in [-0.05, 0) is 94.1 Å². The molecule has 6 rings (SSSR count). The van der Waals surface area contributed by atoms with Gasteiger partial charge in [0.1, 0.15) is 11.6 Å². The van der Waals surface area contributed by atoms with Crippen molar-refractivity contribution < 1.29 is 18.4 Å². The van der Waals surface area contributed by atoms with Crippen molar-refractivity contribution in [3.8, 4) is 22.3 Å². The number of carbonyl (C=O) groups excluding carboxylic acids is 2. The molecule has 6 aromatic rings. The smallest absolute Gasteiger partial charge is 0.185 e. The molecule has 0 heterocycles. The van der Waals surface area contributed by atoms with Crippen molar-refractivity contribution in [2.45, 2.75) is 0 Å². The molecule has 0 radical (unpaired) electrons. The number of halogens is 2. The molecule has 2 nitrogen and oxygen atoms in total. The van der Waals surface area contributed by atoms with Crippen LogP contribution in [-0.4, -0.2) is 11.6 Å². The van der Waals surface area contributed by atoms with E-state index in [1.54, 1.807) is 12.2 Å². The van der Waals surface area contributed by atoms with Crippen LogP contribution in [0.5, 0.6) is 0 Å².